The van der Waals surface area contributed by atoms with Crippen LogP contribution in [0.2, 0.25) is 0 Å². The van der Waals surface area contributed by atoms with Gasteiger partial charge in [0.1, 0.15) is 16.5 Å². The van der Waals surface area contributed by atoms with Crippen LogP contribution in [0.5, 0.6) is 0 Å². The second-order valence-electron chi connectivity index (χ2n) is 7.64. The van der Waals surface area contributed by atoms with Crippen molar-refractivity contribution in [1.82, 2.24) is 14.9 Å². The Morgan fingerprint density at radius 3 is 2.92 bits per heavy atom. The molecule has 0 aromatic carbocycles. The lowest BCUT2D eigenvalue weighted by Crippen LogP contribution is -2.36. The average Bonchev–Trinajstić information content (AvgIpc) is 2.97. The average molecular weight is 377 g/mol. The lowest BCUT2D eigenvalue weighted by Gasteiger charge is -2.26. The minimum Gasteiger partial charge on any atom is -0.392 e. The SMILES string of the molecule is C[C@@H]1CCc2c(sc3nc(CN4CCOCC4)nc(NC[C@@H](C)O)c23)C1. The van der Waals surface area contributed by atoms with E-state index in [1.165, 1.54) is 22.2 Å². The fourth-order valence-corrected chi connectivity index (χ4v) is 5.19. The van der Waals surface area contributed by atoms with Crippen LogP contribution < -0.4 is 5.32 Å². The Morgan fingerprint density at radius 1 is 1.35 bits per heavy atom. The molecule has 0 radical (unpaired) electrons. The van der Waals surface area contributed by atoms with Crippen molar-refractivity contribution < 1.29 is 9.84 Å². The highest BCUT2D eigenvalue weighted by atomic mass is 32.1. The monoisotopic (exact) mass is 376 g/mol. The van der Waals surface area contributed by atoms with E-state index in [-0.39, 0.29) is 0 Å². The number of thiophene rings is 1. The summed E-state index contributed by atoms with van der Waals surface area (Å²) in [6, 6.07) is 0. The van der Waals surface area contributed by atoms with Crippen LogP contribution in [0.3, 0.4) is 0 Å². The van der Waals surface area contributed by atoms with Crippen molar-refractivity contribution in [2.45, 2.75) is 45.8 Å². The maximum absolute atomic E-state index is 9.71. The van der Waals surface area contributed by atoms with Crippen LogP contribution in [0, 0.1) is 5.92 Å². The molecule has 0 unspecified atom stereocenters. The van der Waals surface area contributed by atoms with E-state index in [0.717, 1.165) is 68.1 Å². The number of nitrogens with zero attached hydrogens (tertiary/aromatic N) is 3. The summed E-state index contributed by atoms with van der Waals surface area (Å²) in [6.07, 6.45) is 3.07. The van der Waals surface area contributed by atoms with Crippen molar-refractivity contribution in [2.24, 2.45) is 5.92 Å². The standard InChI is InChI=1S/C19H28N4O2S/c1-12-3-4-14-15(9-12)26-19-17(14)18(20-10-13(2)24)21-16(22-19)11-23-5-7-25-8-6-23/h12-13,24H,3-11H2,1-2H3,(H,20,21,22)/t12-,13-/m1/s1. The highest BCUT2D eigenvalue weighted by Crippen LogP contribution is 2.40. The molecule has 142 valence electrons. The molecule has 1 saturated heterocycles. The number of hydrogen-bond acceptors (Lipinski definition) is 7. The fraction of sp³-hybridized carbons (Fsp3) is 0.684. The maximum atomic E-state index is 9.71. The number of aromatic nitrogens is 2. The summed E-state index contributed by atoms with van der Waals surface area (Å²) in [7, 11) is 0. The van der Waals surface area contributed by atoms with E-state index in [1.54, 1.807) is 6.92 Å². The molecule has 2 N–H and O–H groups in total. The highest BCUT2D eigenvalue weighted by molar-refractivity contribution is 7.19. The van der Waals surface area contributed by atoms with Crippen LogP contribution in [0.15, 0.2) is 0 Å². The van der Waals surface area contributed by atoms with Gasteiger partial charge in [0.2, 0.25) is 0 Å². The molecule has 6 nitrogen and oxygen atoms in total. The highest BCUT2D eigenvalue weighted by Gasteiger charge is 2.24. The van der Waals surface area contributed by atoms with Gasteiger partial charge in [-0.25, -0.2) is 9.97 Å². The number of rotatable bonds is 5. The van der Waals surface area contributed by atoms with Crippen molar-refractivity contribution in [3.63, 3.8) is 0 Å². The Bertz CT molecular complexity index is 770. The summed E-state index contributed by atoms with van der Waals surface area (Å²) in [5.41, 5.74) is 1.43. The van der Waals surface area contributed by atoms with E-state index < -0.39 is 6.10 Å². The number of morpholine rings is 1. The molecule has 0 spiro atoms. The Hall–Kier alpha value is -1.28. The van der Waals surface area contributed by atoms with Gasteiger partial charge in [-0.1, -0.05) is 6.92 Å². The molecule has 2 atom stereocenters. The van der Waals surface area contributed by atoms with E-state index in [2.05, 4.69) is 17.1 Å². The van der Waals surface area contributed by atoms with Gasteiger partial charge < -0.3 is 15.2 Å². The number of aliphatic hydroxyl groups excluding tert-OH is 1. The molecule has 1 fully saturated rings. The third kappa shape index (κ3) is 3.86. The van der Waals surface area contributed by atoms with Crippen molar-refractivity contribution >= 4 is 27.4 Å². The van der Waals surface area contributed by atoms with Gasteiger partial charge in [0, 0.05) is 24.5 Å². The summed E-state index contributed by atoms with van der Waals surface area (Å²) in [5, 5.41) is 14.3. The fourth-order valence-electron chi connectivity index (χ4n) is 3.79. The van der Waals surface area contributed by atoms with Crippen LogP contribution in [0.25, 0.3) is 10.2 Å². The number of anilines is 1. The first-order chi connectivity index (χ1) is 12.6. The van der Waals surface area contributed by atoms with Crippen molar-refractivity contribution in [3.05, 3.63) is 16.3 Å². The molecule has 0 amide bonds. The van der Waals surface area contributed by atoms with Gasteiger partial charge in [0.15, 0.2) is 0 Å². The Labute approximate surface area is 158 Å². The summed E-state index contributed by atoms with van der Waals surface area (Å²) in [4.78, 5) is 14.7. The normalized spacial score (nSPS) is 22.3. The molecule has 2 aromatic heterocycles. The predicted octanol–water partition coefficient (Wildman–Crippen LogP) is 2.44. The molecule has 2 aromatic rings. The second kappa shape index (κ2) is 7.76. The van der Waals surface area contributed by atoms with Crippen molar-refractivity contribution in [1.29, 1.82) is 0 Å². The van der Waals surface area contributed by atoms with E-state index >= 15 is 0 Å². The van der Waals surface area contributed by atoms with Crippen LogP contribution in [0.1, 0.15) is 36.5 Å². The first-order valence-electron chi connectivity index (χ1n) is 9.63. The van der Waals surface area contributed by atoms with Crippen LogP contribution in [0.4, 0.5) is 5.82 Å². The lowest BCUT2D eigenvalue weighted by molar-refractivity contribution is 0.0331. The minimum atomic E-state index is -0.405. The van der Waals surface area contributed by atoms with Crippen molar-refractivity contribution in [3.8, 4) is 0 Å². The summed E-state index contributed by atoms with van der Waals surface area (Å²) in [5.74, 6) is 2.50. The van der Waals surface area contributed by atoms with E-state index in [1.807, 2.05) is 11.3 Å². The van der Waals surface area contributed by atoms with Gasteiger partial charge in [0.25, 0.3) is 0 Å². The van der Waals surface area contributed by atoms with E-state index in [4.69, 9.17) is 14.7 Å². The Balaban J connectivity index is 1.69. The first-order valence-corrected chi connectivity index (χ1v) is 10.4. The summed E-state index contributed by atoms with van der Waals surface area (Å²) >= 11 is 1.83. The molecule has 1 aliphatic heterocycles. The van der Waals surface area contributed by atoms with E-state index in [0.29, 0.717) is 6.54 Å². The summed E-state index contributed by atoms with van der Waals surface area (Å²) < 4.78 is 5.44. The molecular weight excluding hydrogens is 348 g/mol. The van der Waals surface area contributed by atoms with Crippen LogP contribution >= 0.6 is 11.3 Å². The third-order valence-corrected chi connectivity index (χ3v) is 6.38. The van der Waals surface area contributed by atoms with Gasteiger partial charge in [-0.3, -0.25) is 4.90 Å². The third-order valence-electron chi connectivity index (χ3n) is 5.24. The smallest absolute Gasteiger partial charge is 0.146 e. The quantitative estimate of drug-likeness (QED) is 0.835. The number of fused-ring (bicyclic) bond motifs is 3. The molecule has 4 rings (SSSR count). The summed E-state index contributed by atoms with van der Waals surface area (Å²) in [6.45, 7) is 8.79. The largest absolute Gasteiger partial charge is 0.392 e. The van der Waals surface area contributed by atoms with Crippen LogP contribution in [-0.2, 0) is 24.1 Å². The van der Waals surface area contributed by atoms with Crippen molar-refractivity contribution in [2.75, 3.05) is 38.2 Å². The minimum absolute atomic E-state index is 0.405. The van der Waals surface area contributed by atoms with Gasteiger partial charge >= 0.3 is 0 Å². The van der Waals surface area contributed by atoms with Gasteiger partial charge in [-0.05, 0) is 37.7 Å². The maximum Gasteiger partial charge on any atom is 0.146 e. The predicted molar refractivity (Wildman–Crippen MR) is 105 cm³/mol. The molecule has 3 heterocycles. The number of aliphatic hydroxyl groups is 1. The zero-order chi connectivity index (χ0) is 18.1. The van der Waals surface area contributed by atoms with Gasteiger partial charge in [-0.2, -0.15) is 0 Å². The first kappa shape index (κ1) is 18.1. The van der Waals surface area contributed by atoms with Gasteiger partial charge in [-0.15, -0.1) is 11.3 Å². The van der Waals surface area contributed by atoms with E-state index in [9.17, 15) is 5.11 Å². The number of nitrogens with one attached hydrogen (secondary N) is 1. The molecule has 0 saturated carbocycles. The Morgan fingerprint density at radius 2 is 2.15 bits per heavy atom. The zero-order valence-electron chi connectivity index (χ0n) is 15.6. The topological polar surface area (TPSA) is 70.5 Å². The molecule has 0 bridgehead atoms. The molecule has 7 heteroatoms. The lowest BCUT2D eigenvalue weighted by atomic mass is 9.89. The van der Waals surface area contributed by atoms with Crippen LogP contribution in [-0.4, -0.2) is 58.9 Å². The number of hydrogen-bond donors (Lipinski definition) is 2. The second-order valence-corrected chi connectivity index (χ2v) is 8.72. The zero-order valence-corrected chi connectivity index (χ0v) is 16.4. The number of ether oxygens (including phenoxy) is 1. The molecule has 2 aliphatic rings. The molecule has 26 heavy (non-hydrogen) atoms. The molecule has 1 aliphatic carbocycles. The molecular formula is C19H28N4O2S. The number of aryl methyl sites for hydroxylation is 1. The van der Waals surface area contributed by atoms with Gasteiger partial charge in [0.05, 0.1) is 31.2 Å². The Kier molecular flexibility index (Phi) is 5.40.